The van der Waals surface area contributed by atoms with Crippen LogP contribution in [-0.2, 0) is 4.79 Å². The van der Waals surface area contributed by atoms with E-state index in [-0.39, 0.29) is 11.7 Å². The lowest BCUT2D eigenvalue weighted by Gasteiger charge is -2.24. The maximum atomic E-state index is 11.3. The van der Waals surface area contributed by atoms with Crippen LogP contribution in [0, 0.1) is 10.1 Å². The molecule has 0 radical (unpaired) electrons. The Balaban J connectivity index is 2.26. The average Bonchev–Trinajstić information content (AvgIpc) is 2.39. The summed E-state index contributed by atoms with van der Waals surface area (Å²) in [4.78, 5) is 27.2. The first-order valence-corrected chi connectivity index (χ1v) is 5.64. The molecule has 2 rings (SSSR count). The predicted octanol–water partition coefficient (Wildman–Crippen LogP) is 1.63. The van der Waals surface area contributed by atoms with Crippen LogP contribution in [0.4, 0.5) is 5.82 Å². The standard InChI is InChI=1S/C12H13N3O3/c1-9(16)14-7-3-4-10(8-14)11-5-2-6-12(13-11)15(17)18/h2,4-6H,3,7-8H2,1H3. The van der Waals surface area contributed by atoms with Crippen molar-refractivity contribution in [2.75, 3.05) is 13.1 Å². The van der Waals surface area contributed by atoms with E-state index in [1.807, 2.05) is 6.08 Å². The molecule has 2 heterocycles. The number of aromatic nitrogens is 1. The first-order valence-electron chi connectivity index (χ1n) is 5.64. The molecule has 0 saturated carbocycles. The monoisotopic (exact) mass is 247 g/mol. The first-order chi connectivity index (χ1) is 8.58. The van der Waals surface area contributed by atoms with Crippen LogP contribution in [0.3, 0.4) is 0 Å². The molecule has 1 amide bonds. The molecule has 0 aromatic carbocycles. The second kappa shape index (κ2) is 4.95. The molecule has 94 valence electrons. The van der Waals surface area contributed by atoms with Gasteiger partial charge in [0.05, 0.1) is 0 Å². The fraction of sp³-hybridized carbons (Fsp3) is 0.333. The van der Waals surface area contributed by atoms with Crippen LogP contribution in [0.5, 0.6) is 0 Å². The summed E-state index contributed by atoms with van der Waals surface area (Å²) in [5.74, 6) is -0.167. The molecule has 1 aromatic rings. The minimum atomic E-state index is -0.518. The topological polar surface area (TPSA) is 76.3 Å². The third-order valence-corrected chi connectivity index (χ3v) is 2.85. The van der Waals surface area contributed by atoms with Crippen LogP contribution in [-0.4, -0.2) is 33.8 Å². The summed E-state index contributed by atoms with van der Waals surface area (Å²) >= 11 is 0. The van der Waals surface area contributed by atoms with Crippen molar-refractivity contribution in [3.63, 3.8) is 0 Å². The first kappa shape index (κ1) is 12.2. The van der Waals surface area contributed by atoms with Crippen molar-refractivity contribution in [2.45, 2.75) is 13.3 Å². The average molecular weight is 247 g/mol. The Bertz CT molecular complexity index is 525. The highest BCUT2D eigenvalue weighted by Crippen LogP contribution is 2.21. The lowest BCUT2D eigenvalue weighted by Crippen LogP contribution is -2.33. The van der Waals surface area contributed by atoms with Gasteiger partial charge in [-0.15, -0.1) is 0 Å². The van der Waals surface area contributed by atoms with Gasteiger partial charge in [-0.25, -0.2) is 0 Å². The largest absolute Gasteiger partial charge is 0.364 e. The van der Waals surface area contributed by atoms with Crippen LogP contribution in [0.2, 0.25) is 0 Å². The van der Waals surface area contributed by atoms with Gasteiger partial charge in [0.15, 0.2) is 5.69 Å². The number of hydrogen-bond acceptors (Lipinski definition) is 4. The van der Waals surface area contributed by atoms with E-state index in [0.717, 1.165) is 12.0 Å². The Morgan fingerprint density at radius 3 is 2.94 bits per heavy atom. The van der Waals surface area contributed by atoms with Gasteiger partial charge in [-0.3, -0.25) is 4.79 Å². The van der Waals surface area contributed by atoms with Gasteiger partial charge >= 0.3 is 5.82 Å². The predicted molar refractivity (Wildman–Crippen MR) is 65.7 cm³/mol. The van der Waals surface area contributed by atoms with Gasteiger partial charge in [0.2, 0.25) is 5.91 Å². The molecule has 0 spiro atoms. The van der Waals surface area contributed by atoms with E-state index in [9.17, 15) is 14.9 Å². The summed E-state index contributed by atoms with van der Waals surface area (Å²) in [6.45, 7) is 2.67. The highest BCUT2D eigenvalue weighted by atomic mass is 16.6. The maximum absolute atomic E-state index is 11.3. The van der Waals surface area contributed by atoms with Crippen LogP contribution in [0.1, 0.15) is 19.0 Å². The maximum Gasteiger partial charge on any atom is 0.364 e. The van der Waals surface area contributed by atoms with Crippen molar-refractivity contribution >= 4 is 17.3 Å². The molecular weight excluding hydrogens is 234 g/mol. The second-order valence-electron chi connectivity index (χ2n) is 4.10. The third kappa shape index (κ3) is 2.53. The van der Waals surface area contributed by atoms with Gasteiger partial charge in [0, 0.05) is 31.7 Å². The Morgan fingerprint density at radius 1 is 1.50 bits per heavy atom. The van der Waals surface area contributed by atoms with Gasteiger partial charge in [-0.1, -0.05) is 6.08 Å². The summed E-state index contributed by atoms with van der Waals surface area (Å²) in [5.41, 5.74) is 1.43. The van der Waals surface area contributed by atoms with Gasteiger partial charge < -0.3 is 15.0 Å². The minimum absolute atomic E-state index is 0.00558. The van der Waals surface area contributed by atoms with E-state index in [0.29, 0.717) is 18.8 Å². The Labute approximate surface area is 104 Å². The zero-order valence-corrected chi connectivity index (χ0v) is 10.00. The zero-order chi connectivity index (χ0) is 13.1. The van der Waals surface area contributed by atoms with Crippen molar-refractivity contribution in [3.8, 4) is 0 Å². The number of nitro groups is 1. The molecule has 0 atom stereocenters. The van der Waals surface area contributed by atoms with E-state index in [2.05, 4.69) is 4.98 Å². The van der Waals surface area contributed by atoms with Gasteiger partial charge in [-0.05, 0) is 28.5 Å². The number of carbonyl (C=O) groups excluding carboxylic acids is 1. The van der Waals surface area contributed by atoms with Crippen LogP contribution >= 0.6 is 0 Å². The highest BCUT2D eigenvalue weighted by molar-refractivity contribution is 5.77. The quantitative estimate of drug-likeness (QED) is 0.587. The molecule has 0 unspecified atom stereocenters. The SMILES string of the molecule is CC(=O)N1CCC=C(c2cccc([N+](=O)[O-])n2)C1. The van der Waals surface area contributed by atoms with Gasteiger partial charge in [0.1, 0.15) is 0 Å². The van der Waals surface area contributed by atoms with Crippen molar-refractivity contribution in [1.82, 2.24) is 9.88 Å². The summed E-state index contributed by atoms with van der Waals surface area (Å²) in [6, 6.07) is 4.69. The Hall–Kier alpha value is -2.24. The molecule has 6 nitrogen and oxygen atoms in total. The number of carbonyl (C=O) groups is 1. The van der Waals surface area contributed by atoms with E-state index >= 15 is 0 Å². The Morgan fingerprint density at radius 2 is 2.28 bits per heavy atom. The smallest absolute Gasteiger partial charge is 0.358 e. The van der Waals surface area contributed by atoms with E-state index in [4.69, 9.17) is 0 Å². The van der Waals surface area contributed by atoms with E-state index in [1.165, 1.54) is 13.0 Å². The number of hydrogen-bond donors (Lipinski definition) is 0. The molecule has 0 bridgehead atoms. The number of rotatable bonds is 2. The third-order valence-electron chi connectivity index (χ3n) is 2.85. The summed E-state index contributed by atoms with van der Waals surface area (Å²) in [5, 5.41) is 10.7. The number of amides is 1. The van der Waals surface area contributed by atoms with E-state index in [1.54, 1.807) is 17.0 Å². The Kier molecular flexibility index (Phi) is 3.36. The summed E-state index contributed by atoms with van der Waals surface area (Å²) < 4.78 is 0. The van der Waals surface area contributed by atoms with Gasteiger partial charge in [-0.2, -0.15) is 0 Å². The molecule has 1 aliphatic heterocycles. The molecule has 0 aliphatic carbocycles. The number of pyridine rings is 1. The van der Waals surface area contributed by atoms with Crippen molar-refractivity contribution in [1.29, 1.82) is 0 Å². The van der Waals surface area contributed by atoms with Crippen LogP contribution < -0.4 is 0 Å². The molecule has 1 aliphatic rings. The summed E-state index contributed by atoms with van der Waals surface area (Å²) in [6.07, 6.45) is 2.73. The molecule has 0 saturated heterocycles. The van der Waals surface area contributed by atoms with Crippen molar-refractivity contribution in [2.24, 2.45) is 0 Å². The molecule has 18 heavy (non-hydrogen) atoms. The fourth-order valence-electron chi connectivity index (χ4n) is 1.90. The molecule has 6 heteroatoms. The zero-order valence-electron chi connectivity index (χ0n) is 10.00. The van der Waals surface area contributed by atoms with E-state index < -0.39 is 4.92 Å². The van der Waals surface area contributed by atoms with Crippen molar-refractivity contribution in [3.05, 3.63) is 40.1 Å². The molecule has 0 N–H and O–H groups in total. The second-order valence-corrected chi connectivity index (χ2v) is 4.10. The summed E-state index contributed by atoms with van der Waals surface area (Å²) in [7, 11) is 0. The molecule has 0 fully saturated rings. The fourth-order valence-corrected chi connectivity index (χ4v) is 1.90. The van der Waals surface area contributed by atoms with Crippen LogP contribution in [0.15, 0.2) is 24.3 Å². The molecular formula is C12H13N3O3. The van der Waals surface area contributed by atoms with Crippen molar-refractivity contribution < 1.29 is 9.72 Å². The highest BCUT2D eigenvalue weighted by Gasteiger charge is 2.20. The van der Waals surface area contributed by atoms with Crippen LogP contribution in [0.25, 0.3) is 5.57 Å². The lowest BCUT2D eigenvalue weighted by molar-refractivity contribution is -0.389. The lowest BCUT2D eigenvalue weighted by atomic mass is 10.1. The normalized spacial score (nSPS) is 15.2. The molecule has 1 aromatic heterocycles. The van der Waals surface area contributed by atoms with Gasteiger partial charge in [0.25, 0.3) is 0 Å². The number of nitrogens with zero attached hydrogens (tertiary/aromatic N) is 3. The minimum Gasteiger partial charge on any atom is -0.358 e.